The molecule has 0 aliphatic rings. The zero-order chi connectivity index (χ0) is 26.4. The van der Waals surface area contributed by atoms with E-state index in [0.717, 1.165) is 18.1 Å². The van der Waals surface area contributed by atoms with Gasteiger partial charge in [0, 0.05) is 55.4 Å². The molecule has 9 heteroatoms. The van der Waals surface area contributed by atoms with Gasteiger partial charge in [0.1, 0.15) is 28.8 Å². The number of rotatable bonds is 9. The molecule has 1 aromatic carbocycles. The van der Waals surface area contributed by atoms with Crippen LogP contribution in [0.25, 0.3) is 11.3 Å². The number of carbonyl (C=O) groups excluding carboxylic acids is 1. The largest absolute Gasteiger partial charge is 0.377 e. The minimum absolute atomic E-state index is 0.0576. The summed E-state index contributed by atoms with van der Waals surface area (Å²) in [5, 5.41) is 0.376. The van der Waals surface area contributed by atoms with Crippen molar-refractivity contribution in [3.05, 3.63) is 87.5 Å². The lowest BCUT2D eigenvalue weighted by Crippen LogP contribution is -2.25. The molecule has 3 aromatic rings. The summed E-state index contributed by atoms with van der Waals surface area (Å²) in [6, 6.07) is 6.96. The highest BCUT2D eigenvalue weighted by atomic mass is 35.5. The van der Waals surface area contributed by atoms with Crippen molar-refractivity contribution in [2.75, 3.05) is 7.11 Å². The van der Waals surface area contributed by atoms with Crippen LogP contribution in [0.15, 0.2) is 59.0 Å². The Balaban J connectivity index is 2.18. The Bertz CT molecular complexity index is 1350. The second-order valence-corrected chi connectivity index (χ2v) is 8.94. The maximum absolute atomic E-state index is 14.9. The summed E-state index contributed by atoms with van der Waals surface area (Å²) < 4.78 is 36.1. The third-order valence-electron chi connectivity index (χ3n) is 6.14. The molecule has 0 saturated carbocycles. The summed E-state index contributed by atoms with van der Waals surface area (Å²) in [5.41, 5.74) is 3.22. The number of carbonyl (C=O) groups is 1. The number of aldehydes is 1. The first-order chi connectivity index (χ1) is 17.2. The second kappa shape index (κ2) is 12.1. The van der Waals surface area contributed by atoms with Gasteiger partial charge in [0.05, 0.1) is 11.8 Å². The molecule has 2 atom stereocenters. The molecule has 6 nitrogen and oxygen atoms in total. The lowest BCUT2D eigenvalue weighted by atomic mass is 9.92. The van der Waals surface area contributed by atoms with Gasteiger partial charge < -0.3 is 9.30 Å². The van der Waals surface area contributed by atoms with Gasteiger partial charge in [0.2, 0.25) is 0 Å². The molecule has 190 valence electrons. The van der Waals surface area contributed by atoms with Gasteiger partial charge in [0.25, 0.3) is 0 Å². The predicted octanol–water partition coefficient (Wildman–Crippen LogP) is 6.08. The Morgan fingerprint density at radius 3 is 2.61 bits per heavy atom. The van der Waals surface area contributed by atoms with E-state index >= 15 is 0 Å². The molecular weight excluding hydrogens is 486 g/mol. The number of methoxy groups -OCH3 is 1. The third-order valence-corrected chi connectivity index (χ3v) is 6.34. The molecule has 0 amide bonds. The first kappa shape index (κ1) is 27.4. The number of aryl methyl sites for hydroxylation is 1. The van der Waals surface area contributed by atoms with E-state index in [0.29, 0.717) is 40.3 Å². The van der Waals surface area contributed by atoms with Gasteiger partial charge in [-0.25, -0.2) is 23.7 Å². The highest BCUT2D eigenvalue weighted by molar-refractivity contribution is 6.29. The van der Waals surface area contributed by atoms with E-state index in [2.05, 4.69) is 9.98 Å². The summed E-state index contributed by atoms with van der Waals surface area (Å²) in [4.78, 5) is 24.7. The van der Waals surface area contributed by atoms with Crippen LogP contribution in [0.2, 0.25) is 5.15 Å². The van der Waals surface area contributed by atoms with Gasteiger partial charge in [-0.15, -0.1) is 0 Å². The number of nitrogens with zero attached hydrogens (tertiary/aromatic N) is 4. The Morgan fingerprint density at radius 1 is 1.25 bits per heavy atom. The van der Waals surface area contributed by atoms with Crippen molar-refractivity contribution < 1.29 is 18.3 Å². The summed E-state index contributed by atoms with van der Waals surface area (Å²) in [7, 11) is 3.41. The lowest BCUT2D eigenvalue weighted by molar-refractivity contribution is -0.104. The van der Waals surface area contributed by atoms with Gasteiger partial charge in [-0.2, -0.15) is 0 Å². The van der Waals surface area contributed by atoms with Crippen LogP contribution in [0.4, 0.5) is 8.78 Å². The first-order valence-electron chi connectivity index (χ1n) is 11.5. The molecule has 0 saturated heterocycles. The van der Waals surface area contributed by atoms with Crippen LogP contribution in [0.3, 0.4) is 0 Å². The smallest absolute Gasteiger partial charge is 0.159 e. The number of halogens is 3. The normalized spacial score (nSPS) is 14.4. The summed E-state index contributed by atoms with van der Waals surface area (Å²) >= 11 is 6.08. The molecule has 0 aliphatic carbocycles. The molecule has 0 spiro atoms. The Hall–Kier alpha value is -3.23. The van der Waals surface area contributed by atoms with E-state index in [9.17, 15) is 13.6 Å². The van der Waals surface area contributed by atoms with Crippen LogP contribution in [-0.2, 0) is 16.6 Å². The minimum Gasteiger partial charge on any atom is -0.377 e. The van der Waals surface area contributed by atoms with Crippen LogP contribution in [0.5, 0.6) is 0 Å². The molecule has 2 aromatic heterocycles. The Labute approximate surface area is 214 Å². The zero-order valence-corrected chi connectivity index (χ0v) is 21.7. The fourth-order valence-electron chi connectivity index (χ4n) is 3.90. The second-order valence-electron chi connectivity index (χ2n) is 8.55. The Kier molecular flexibility index (Phi) is 9.23. The number of aromatic nitrogens is 3. The quantitative estimate of drug-likeness (QED) is 0.197. The number of allylic oxidation sites excluding steroid dienone is 2. The first-order valence-corrected chi connectivity index (χ1v) is 11.9. The van der Waals surface area contributed by atoms with Gasteiger partial charge >= 0.3 is 0 Å². The van der Waals surface area contributed by atoms with Crippen molar-refractivity contribution in [3.63, 3.8) is 0 Å². The summed E-state index contributed by atoms with van der Waals surface area (Å²) in [5.74, 6) is -1.50. The molecule has 36 heavy (non-hydrogen) atoms. The monoisotopic (exact) mass is 514 g/mol. The van der Waals surface area contributed by atoms with Crippen molar-refractivity contribution in [1.29, 1.82) is 0 Å². The van der Waals surface area contributed by atoms with E-state index in [1.807, 2.05) is 19.2 Å². The average Bonchev–Trinajstić information content (AvgIpc) is 2.85. The highest BCUT2D eigenvalue weighted by Gasteiger charge is 2.22. The van der Waals surface area contributed by atoms with Gasteiger partial charge in [0.15, 0.2) is 5.49 Å². The average molecular weight is 515 g/mol. The number of pyridine rings is 1. The van der Waals surface area contributed by atoms with Crippen molar-refractivity contribution in [1.82, 2.24) is 14.5 Å². The number of ether oxygens (including phenoxy) is 1. The fourth-order valence-corrected chi connectivity index (χ4v) is 4.08. The topological polar surface area (TPSA) is 69.4 Å². The molecular formula is C27H29ClF2N4O2. The highest BCUT2D eigenvalue weighted by Crippen LogP contribution is 2.33. The summed E-state index contributed by atoms with van der Waals surface area (Å²) in [6.07, 6.45) is 5.24. The maximum Gasteiger partial charge on any atom is 0.159 e. The van der Waals surface area contributed by atoms with Crippen molar-refractivity contribution >= 4 is 17.9 Å². The van der Waals surface area contributed by atoms with Crippen molar-refractivity contribution in [3.8, 4) is 11.3 Å². The molecule has 2 heterocycles. The Morgan fingerprint density at radius 2 is 2.00 bits per heavy atom. The zero-order valence-electron chi connectivity index (χ0n) is 20.9. The van der Waals surface area contributed by atoms with Crippen molar-refractivity contribution in [2.45, 2.75) is 45.6 Å². The van der Waals surface area contributed by atoms with E-state index in [-0.39, 0.29) is 23.3 Å². The minimum atomic E-state index is -0.751. The molecule has 0 radical (unpaired) electrons. The van der Waals surface area contributed by atoms with Crippen LogP contribution in [-0.4, -0.2) is 27.9 Å². The SMILES string of the molecule is CCC(CC(OC)c1ccnc(Cl)c1)c1cn(C)c(=N/C(C)=C(/C)C=O)c(-c2ccc(F)cc2F)n1. The molecule has 0 fully saturated rings. The van der Waals surface area contributed by atoms with Gasteiger partial charge in [-0.05, 0) is 56.5 Å². The fraction of sp³-hybridized carbons (Fsp3) is 0.333. The third kappa shape index (κ3) is 6.30. The molecule has 3 rings (SSSR count). The van der Waals surface area contributed by atoms with Crippen LogP contribution < -0.4 is 5.49 Å². The van der Waals surface area contributed by atoms with Crippen molar-refractivity contribution in [2.24, 2.45) is 12.0 Å². The van der Waals surface area contributed by atoms with Gasteiger partial charge in [-0.1, -0.05) is 18.5 Å². The lowest BCUT2D eigenvalue weighted by Gasteiger charge is -2.23. The molecule has 0 aliphatic heterocycles. The number of benzene rings is 1. The molecule has 2 unspecified atom stereocenters. The van der Waals surface area contributed by atoms with Gasteiger partial charge in [-0.3, -0.25) is 4.79 Å². The standard InChI is InChI=1S/C27H29ClF2N4O2/c1-6-18(11-24(36-5)19-9-10-31-25(28)12-19)23-14-34(4)27(32-17(3)16(2)15-35)26(33-23)21-8-7-20(29)13-22(21)30/h7-10,12-15,18,24H,6,11H2,1-5H3/b17-16-,32-27?. The van der Waals surface area contributed by atoms with Crippen LogP contribution in [0, 0.1) is 11.6 Å². The summed E-state index contributed by atoms with van der Waals surface area (Å²) in [6.45, 7) is 5.38. The van der Waals surface area contributed by atoms with Crippen LogP contribution >= 0.6 is 11.6 Å². The van der Waals surface area contributed by atoms with E-state index in [1.165, 1.54) is 12.1 Å². The van der Waals surface area contributed by atoms with E-state index < -0.39 is 11.6 Å². The maximum atomic E-state index is 14.9. The molecule has 0 N–H and O–H groups in total. The van der Waals surface area contributed by atoms with E-state index in [4.69, 9.17) is 21.3 Å². The predicted molar refractivity (Wildman–Crippen MR) is 135 cm³/mol. The number of hydrogen-bond acceptors (Lipinski definition) is 5. The van der Waals surface area contributed by atoms with Crippen LogP contribution in [0.1, 0.15) is 56.9 Å². The molecule has 0 bridgehead atoms. The number of hydrogen-bond donors (Lipinski definition) is 0. The van der Waals surface area contributed by atoms with E-state index in [1.54, 1.807) is 44.8 Å².